The minimum atomic E-state index is 0.382. The first kappa shape index (κ1) is 11.7. The second kappa shape index (κ2) is 6.21. The monoisotopic (exact) mass is 196 g/mol. The maximum absolute atomic E-state index is 12.1. The summed E-state index contributed by atoms with van der Waals surface area (Å²) in [6.45, 7) is 4.37. The number of hydrogen-bond acceptors (Lipinski definition) is 1. The second-order valence-electron chi connectivity index (χ2n) is 4.66. The molecule has 1 saturated carbocycles. The Bertz CT molecular complexity index is 162. The highest BCUT2D eigenvalue weighted by atomic mass is 16.1. The number of Topliss-reactive ketones (excluding diaryl/α,β-unsaturated/α-hetero) is 1. The molecule has 82 valence electrons. The van der Waals surface area contributed by atoms with Crippen LogP contribution in [0, 0.1) is 11.8 Å². The van der Waals surface area contributed by atoms with E-state index in [-0.39, 0.29) is 0 Å². The highest BCUT2D eigenvalue weighted by Gasteiger charge is 2.27. The van der Waals surface area contributed by atoms with Gasteiger partial charge in [-0.05, 0) is 25.7 Å². The molecule has 0 radical (unpaired) electrons. The lowest BCUT2D eigenvalue weighted by atomic mass is 9.86. The molecule has 1 rings (SSSR count). The topological polar surface area (TPSA) is 17.1 Å². The fourth-order valence-electron chi connectivity index (χ4n) is 2.67. The molecule has 1 aliphatic rings. The van der Waals surface area contributed by atoms with Gasteiger partial charge >= 0.3 is 0 Å². The van der Waals surface area contributed by atoms with E-state index >= 15 is 0 Å². The average Bonchev–Trinajstić information content (AvgIpc) is 2.69. The summed E-state index contributed by atoms with van der Waals surface area (Å²) < 4.78 is 0. The first-order valence-electron chi connectivity index (χ1n) is 6.33. The van der Waals surface area contributed by atoms with E-state index in [0.29, 0.717) is 17.6 Å². The van der Waals surface area contributed by atoms with E-state index in [0.717, 1.165) is 25.7 Å². The van der Waals surface area contributed by atoms with Gasteiger partial charge in [0.1, 0.15) is 5.78 Å². The smallest absolute Gasteiger partial charge is 0.139 e. The second-order valence-corrected chi connectivity index (χ2v) is 4.66. The lowest BCUT2D eigenvalue weighted by molar-refractivity contribution is -0.127. The molecule has 0 N–H and O–H groups in total. The predicted octanol–water partition coefficient (Wildman–Crippen LogP) is 3.96. The molecule has 1 fully saturated rings. The summed E-state index contributed by atoms with van der Waals surface area (Å²) in [6.07, 6.45) is 9.44. The van der Waals surface area contributed by atoms with E-state index in [1.165, 1.54) is 25.7 Å². The molecule has 0 amide bonds. The Kier molecular flexibility index (Phi) is 5.21. The molecule has 0 aromatic rings. The van der Waals surface area contributed by atoms with Gasteiger partial charge in [-0.25, -0.2) is 0 Å². The summed E-state index contributed by atoms with van der Waals surface area (Å²) in [4.78, 5) is 12.1. The summed E-state index contributed by atoms with van der Waals surface area (Å²) in [5.74, 6) is 1.40. The van der Waals surface area contributed by atoms with E-state index in [1.54, 1.807) is 0 Å². The van der Waals surface area contributed by atoms with Gasteiger partial charge in [-0.2, -0.15) is 0 Å². The van der Waals surface area contributed by atoms with Crippen molar-refractivity contribution in [2.24, 2.45) is 11.8 Å². The van der Waals surface area contributed by atoms with E-state index in [9.17, 15) is 4.79 Å². The SMILES string of the molecule is CCCC(CCC)C(=O)C1CCCC1. The highest BCUT2D eigenvalue weighted by molar-refractivity contribution is 5.83. The molecular weight excluding hydrogens is 172 g/mol. The molecule has 0 saturated heterocycles. The van der Waals surface area contributed by atoms with Gasteiger partial charge < -0.3 is 0 Å². The Morgan fingerprint density at radius 3 is 2.07 bits per heavy atom. The van der Waals surface area contributed by atoms with Crippen LogP contribution in [0.4, 0.5) is 0 Å². The fourth-order valence-corrected chi connectivity index (χ4v) is 2.67. The van der Waals surface area contributed by atoms with Crippen molar-refractivity contribution in [1.29, 1.82) is 0 Å². The fraction of sp³-hybridized carbons (Fsp3) is 0.923. The summed E-state index contributed by atoms with van der Waals surface area (Å²) >= 11 is 0. The summed E-state index contributed by atoms with van der Waals surface area (Å²) in [5.41, 5.74) is 0. The van der Waals surface area contributed by atoms with Crippen LogP contribution in [0.5, 0.6) is 0 Å². The Hall–Kier alpha value is -0.330. The lowest BCUT2D eigenvalue weighted by Crippen LogP contribution is -2.21. The van der Waals surface area contributed by atoms with Gasteiger partial charge in [0.15, 0.2) is 0 Å². The van der Waals surface area contributed by atoms with Crippen LogP contribution in [0.15, 0.2) is 0 Å². The Labute approximate surface area is 88.3 Å². The van der Waals surface area contributed by atoms with Crippen LogP contribution in [-0.2, 0) is 4.79 Å². The zero-order chi connectivity index (χ0) is 10.4. The third kappa shape index (κ3) is 3.11. The van der Waals surface area contributed by atoms with Gasteiger partial charge in [0.25, 0.3) is 0 Å². The number of carbonyl (C=O) groups is 1. The highest BCUT2D eigenvalue weighted by Crippen LogP contribution is 2.30. The van der Waals surface area contributed by atoms with Crippen molar-refractivity contribution < 1.29 is 4.79 Å². The standard InChI is InChI=1S/C13H24O/c1-3-7-11(8-4-2)13(14)12-9-5-6-10-12/h11-12H,3-10H2,1-2H3. The molecule has 0 aromatic carbocycles. The molecule has 14 heavy (non-hydrogen) atoms. The first-order valence-corrected chi connectivity index (χ1v) is 6.33. The minimum absolute atomic E-state index is 0.382. The van der Waals surface area contributed by atoms with Crippen LogP contribution in [0.3, 0.4) is 0 Å². The largest absolute Gasteiger partial charge is 0.299 e. The molecule has 0 atom stereocenters. The quantitative estimate of drug-likeness (QED) is 0.628. The van der Waals surface area contributed by atoms with Crippen LogP contribution in [0.2, 0.25) is 0 Å². The molecule has 0 unspecified atom stereocenters. The molecule has 1 nitrogen and oxygen atoms in total. The van der Waals surface area contributed by atoms with Gasteiger partial charge in [0, 0.05) is 11.8 Å². The normalized spacial score (nSPS) is 17.9. The molecule has 0 aliphatic heterocycles. The van der Waals surface area contributed by atoms with E-state index < -0.39 is 0 Å². The minimum Gasteiger partial charge on any atom is -0.299 e. The van der Waals surface area contributed by atoms with Crippen molar-refractivity contribution in [1.82, 2.24) is 0 Å². The van der Waals surface area contributed by atoms with Crippen LogP contribution in [0.1, 0.15) is 65.2 Å². The van der Waals surface area contributed by atoms with Crippen molar-refractivity contribution in [3.05, 3.63) is 0 Å². The zero-order valence-electron chi connectivity index (χ0n) is 9.72. The molecule has 0 spiro atoms. The van der Waals surface area contributed by atoms with Gasteiger partial charge in [-0.15, -0.1) is 0 Å². The van der Waals surface area contributed by atoms with E-state index in [2.05, 4.69) is 13.8 Å². The first-order chi connectivity index (χ1) is 6.79. The number of hydrogen-bond donors (Lipinski definition) is 0. The van der Waals surface area contributed by atoms with Crippen LogP contribution in [0.25, 0.3) is 0 Å². The molecular formula is C13H24O. The Morgan fingerprint density at radius 1 is 1.14 bits per heavy atom. The summed E-state index contributed by atoms with van der Waals surface area (Å²) in [7, 11) is 0. The van der Waals surface area contributed by atoms with Crippen LogP contribution < -0.4 is 0 Å². The van der Waals surface area contributed by atoms with Crippen molar-refractivity contribution in [2.45, 2.75) is 65.2 Å². The van der Waals surface area contributed by atoms with Gasteiger partial charge in [-0.1, -0.05) is 39.5 Å². The molecule has 0 aromatic heterocycles. The molecule has 0 heterocycles. The van der Waals surface area contributed by atoms with Crippen molar-refractivity contribution in [3.63, 3.8) is 0 Å². The predicted molar refractivity (Wildman–Crippen MR) is 60.3 cm³/mol. The zero-order valence-corrected chi connectivity index (χ0v) is 9.72. The third-order valence-electron chi connectivity index (χ3n) is 3.43. The third-order valence-corrected chi connectivity index (χ3v) is 3.43. The van der Waals surface area contributed by atoms with Crippen LogP contribution >= 0.6 is 0 Å². The number of carbonyl (C=O) groups excluding carboxylic acids is 1. The summed E-state index contributed by atoms with van der Waals surface area (Å²) in [5, 5.41) is 0. The van der Waals surface area contributed by atoms with Crippen molar-refractivity contribution in [3.8, 4) is 0 Å². The molecule has 1 aliphatic carbocycles. The summed E-state index contributed by atoms with van der Waals surface area (Å²) in [6, 6.07) is 0. The van der Waals surface area contributed by atoms with Gasteiger partial charge in [0.05, 0.1) is 0 Å². The number of ketones is 1. The molecule has 0 bridgehead atoms. The average molecular weight is 196 g/mol. The maximum Gasteiger partial charge on any atom is 0.139 e. The van der Waals surface area contributed by atoms with E-state index in [1.807, 2.05) is 0 Å². The lowest BCUT2D eigenvalue weighted by Gasteiger charge is -2.18. The van der Waals surface area contributed by atoms with E-state index in [4.69, 9.17) is 0 Å². The van der Waals surface area contributed by atoms with Crippen LogP contribution in [-0.4, -0.2) is 5.78 Å². The maximum atomic E-state index is 12.1. The Balaban J connectivity index is 2.43. The van der Waals surface area contributed by atoms with Crippen molar-refractivity contribution in [2.75, 3.05) is 0 Å². The van der Waals surface area contributed by atoms with Gasteiger partial charge in [-0.3, -0.25) is 4.79 Å². The Morgan fingerprint density at radius 2 is 1.64 bits per heavy atom. The van der Waals surface area contributed by atoms with Crippen molar-refractivity contribution >= 4 is 5.78 Å². The van der Waals surface area contributed by atoms with Gasteiger partial charge in [0.2, 0.25) is 0 Å². The molecule has 1 heteroatoms. The number of rotatable bonds is 6.